The Morgan fingerprint density at radius 3 is 2.63 bits per heavy atom. The number of aliphatic hydroxyl groups is 1. The number of rotatable bonds is 5. The zero-order valence-corrected chi connectivity index (χ0v) is 12.7. The van der Waals surface area contributed by atoms with Crippen LogP contribution < -0.4 is 5.32 Å². The van der Waals surface area contributed by atoms with E-state index in [-0.39, 0.29) is 24.0 Å². The average molecular weight is 281 g/mol. The minimum Gasteiger partial charge on any atom is -0.396 e. The van der Waals surface area contributed by atoms with Gasteiger partial charge in [-0.3, -0.25) is 4.79 Å². The molecule has 3 nitrogen and oxygen atoms in total. The minimum atomic E-state index is 0.00542. The summed E-state index contributed by atoms with van der Waals surface area (Å²) in [6.45, 7) is 6.59. The van der Waals surface area contributed by atoms with E-state index in [0.29, 0.717) is 12.3 Å². The summed E-state index contributed by atoms with van der Waals surface area (Å²) in [5, 5.41) is 12.1. The number of hydrogen-bond donors (Lipinski definition) is 2. The van der Waals surface area contributed by atoms with Crippen LogP contribution in [-0.4, -0.2) is 23.7 Å². The molecule has 1 aliphatic carbocycles. The van der Waals surface area contributed by atoms with Crippen LogP contribution in [0.2, 0.25) is 0 Å². The van der Waals surface area contributed by atoms with E-state index in [9.17, 15) is 4.79 Å². The monoisotopic (exact) mass is 281 g/mol. The first kappa shape index (κ1) is 14.5. The average Bonchev–Trinajstić information content (AvgIpc) is 3.03. The molecule has 1 atom stereocenters. The number of hydrogen-bond acceptors (Lipinski definition) is 3. The summed E-state index contributed by atoms with van der Waals surface area (Å²) in [6.07, 6.45) is 3.00. The Balaban J connectivity index is 2.00. The molecule has 1 fully saturated rings. The Hall–Kier alpha value is -0.870. The van der Waals surface area contributed by atoms with Gasteiger partial charge < -0.3 is 10.4 Å². The van der Waals surface area contributed by atoms with Crippen molar-refractivity contribution in [2.24, 2.45) is 5.92 Å². The fraction of sp³-hybridized carbons (Fsp3) is 0.667. The SMILES string of the molecule is CC(C)(C)c1ccc(C(=O)NC(CCO)C2CC2)s1. The predicted octanol–water partition coefficient (Wildman–Crippen LogP) is 2.94. The molecule has 0 bridgehead atoms. The second kappa shape index (κ2) is 5.63. The third kappa shape index (κ3) is 3.80. The van der Waals surface area contributed by atoms with Crippen LogP contribution in [0.15, 0.2) is 12.1 Å². The standard InChI is InChI=1S/C15H23NO2S/c1-15(2,3)13-7-6-12(19-13)14(18)16-11(8-9-17)10-4-5-10/h6-7,10-11,17H,4-5,8-9H2,1-3H3,(H,16,18). The number of thiophene rings is 1. The summed E-state index contributed by atoms with van der Waals surface area (Å²) in [4.78, 5) is 14.2. The van der Waals surface area contributed by atoms with Crippen molar-refractivity contribution in [3.05, 3.63) is 21.9 Å². The number of amides is 1. The molecule has 0 saturated heterocycles. The lowest BCUT2D eigenvalue weighted by Gasteiger charge is -2.17. The van der Waals surface area contributed by atoms with E-state index < -0.39 is 0 Å². The van der Waals surface area contributed by atoms with Crippen LogP contribution in [0.1, 0.15) is 54.6 Å². The highest BCUT2D eigenvalue weighted by Gasteiger charge is 2.32. The van der Waals surface area contributed by atoms with Crippen LogP contribution in [0.3, 0.4) is 0 Å². The summed E-state index contributed by atoms with van der Waals surface area (Å²) in [5.74, 6) is 0.573. The maximum absolute atomic E-state index is 12.2. The highest BCUT2D eigenvalue weighted by molar-refractivity contribution is 7.14. The van der Waals surface area contributed by atoms with Gasteiger partial charge >= 0.3 is 0 Å². The van der Waals surface area contributed by atoms with Gasteiger partial charge in [-0.1, -0.05) is 20.8 Å². The van der Waals surface area contributed by atoms with E-state index in [4.69, 9.17) is 5.11 Å². The maximum Gasteiger partial charge on any atom is 0.261 e. The van der Waals surface area contributed by atoms with E-state index in [1.807, 2.05) is 12.1 Å². The van der Waals surface area contributed by atoms with Crippen molar-refractivity contribution in [2.45, 2.75) is 51.5 Å². The molecule has 0 aromatic carbocycles. The zero-order chi connectivity index (χ0) is 14.0. The molecule has 0 spiro atoms. The second-order valence-electron chi connectivity index (χ2n) is 6.34. The third-order valence-electron chi connectivity index (χ3n) is 3.52. The number of nitrogens with one attached hydrogen (secondary N) is 1. The molecule has 1 aromatic rings. The van der Waals surface area contributed by atoms with Crippen molar-refractivity contribution < 1.29 is 9.90 Å². The summed E-state index contributed by atoms with van der Waals surface area (Å²) in [7, 11) is 0. The van der Waals surface area contributed by atoms with Gasteiger partial charge in [-0.2, -0.15) is 0 Å². The lowest BCUT2D eigenvalue weighted by atomic mass is 9.95. The largest absolute Gasteiger partial charge is 0.396 e. The molecule has 1 unspecified atom stereocenters. The minimum absolute atomic E-state index is 0.00542. The Bertz CT molecular complexity index is 443. The van der Waals surface area contributed by atoms with Crippen LogP contribution in [0.5, 0.6) is 0 Å². The summed E-state index contributed by atoms with van der Waals surface area (Å²) < 4.78 is 0. The van der Waals surface area contributed by atoms with Crippen molar-refractivity contribution >= 4 is 17.2 Å². The summed E-state index contributed by atoms with van der Waals surface area (Å²) in [5.41, 5.74) is 0.0875. The van der Waals surface area contributed by atoms with Gasteiger partial charge in [-0.25, -0.2) is 0 Å². The molecule has 0 aliphatic heterocycles. The van der Waals surface area contributed by atoms with Gasteiger partial charge in [0.25, 0.3) is 5.91 Å². The van der Waals surface area contributed by atoms with E-state index in [1.54, 1.807) is 11.3 Å². The molecule has 2 N–H and O–H groups in total. The highest BCUT2D eigenvalue weighted by atomic mass is 32.1. The predicted molar refractivity (Wildman–Crippen MR) is 78.7 cm³/mol. The topological polar surface area (TPSA) is 49.3 Å². The second-order valence-corrected chi connectivity index (χ2v) is 7.43. The number of carbonyl (C=O) groups is 1. The normalized spacial score (nSPS) is 17.3. The third-order valence-corrected chi connectivity index (χ3v) is 5.03. The Morgan fingerprint density at radius 2 is 2.16 bits per heavy atom. The van der Waals surface area contributed by atoms with Gasteiger partial charge in [0.2, 0.25) is 0 Å². The molecular weight excluding hydrogens is 258 g/mol. The molecule has 106 valence electrons. The quantitative estimate of drug-likeness (QED) is 0.872. The first-order valence-electron chi connectivity index (χ1n) is 6.94. The molecule has 1 saturated carbocycles. The molecule has 2 rings (SSSR count). The van der Waals surface area contributed by atoms with Crippen LogP contribution in [0.25, 0.3) is 0 Å². The van der Waals surface area contributed by atoms with Crippen molar-refractivity contribution in [2.75, 3.05) is 6.61 Å². The smallest absolute Gasteiger partial charge is 0.261 e. The van der Waals surface area contributed by atoms with Gasteiger partial charge in [-0.05, 0) is 42.7 Å². The Morgan fingerprint density at radius 1 is 1.47 bits per heavy atom. The van der Waals surface area contributed by atoms with Gasteiger partial charge in [0.15, 0.2) is 0 Å². The van der Waals surface area contributed by atoms with Crippen molar-refractivity contribution in [3.63, 3.8) is 0 Å². The van der Waals surface area contributed by atoms with Gasteiger partial charge in [0, 0.05) is 17.5 Å². The summed E-state index contributed by atoms with van der Waals surface area (Å²) in [6, 6.07) is 4.08. The number of carbonyl (C=O) groups excluding carboxylic acids is 1. The molecular formula is C15H23NO2S. The molecule has 4 heteroatoms. The zero-order valence-electron chi connectivity index (χ0n) is 11.9. The Labute approximate surface area is 119 Å². The van der Waals surface area contributed by atoms with E-state index >= 15 is 0 Å². The number of aliphatic hydroxyl groups excluding tert-OH is 1. The van der Waals surface area contributed by atoms with Crippen molar-refractivity contribution in [1.82, 2.24) is 5.32 Å². The maximum atomic E-state index is 12.2. The van der Waals surface area contributed by atoms with Crippen molar-refractivity contribution in [3.8, 4) is 0 Å². The lowest BCUT2D eigenvalue weighted by molar-refractivity contribution is 0.0928. The van der Waals surface area contributed by atoms with Crippen LogP contribution in [0.4, 0.5) is 0 Å². The van der Waals surface area contributed by atoms with Crippen molar-refractivity contribution in [1.29, 1.82) is 0 Å². The summed E-state index contributed by atoms with van der Waals surface area (Å²) >= 11 is 1.57. The first-order valence-corrected chi connectivity index (χ1v) is 7.75. The fourth-order valence-corrected chi connectivity index (χ4v) is 3.13. The van der Waals surface area contributed by atoms with Crippen LogP contribution >= 0.6 is 11.3 Å². The van der Waals surface area contributed by atoms with Gasteiger partial charge in [0.05, 0.1) is 4.88 Å². The van der Waals surface area contributed by atoms with Crippen LogP contribution in [0, 0.1) is 5.92 Å². The first-order chi connectivity index (χ1) is 8.91. The molecule has 19 heavy (non-hydrogen) atoms. The van der Waals surface area contributed by atoms with Gasteiger partial charge in [-0.15, -0.1) is 11.3 Å². The van der Waals surface area contributed by atoms with E-state index in [0.717, 1.165) is 4.88 Å². The highest BCUT2D eigenvalue weighted by Crippen LogP contribution is 2.34. The molecule has 1 aromatic heterocycles. The Kier molecular flexibility index (Phi) is 4.31. The van der Waals surface area contributed by atoms with Crippen LogP contribution in [-0.2, 0) is 5.41 Å². The van der Waals surface area contributed by atoms with Gasteiger partial charge in [0.1, 0.15) is 0 Å². The van der Waals surface area contributed by atoms with E-state index in [2.05, 4.69) is 26.1 Å². The lowest BCUT2D eigenvalue weighted by Crippen LogP contribution is -2.36. The molecule has 1 aliphatic rings. The molecule has 0 radical (unpaired) electrons. The molecule has 1 heterocycles. The molecule has 1 amide bonds. The fourth-order valence-electron chi connectivity index (χ4n) is 2.17. The van der Waals surface area contributed by atoms with E-state index in [1.165, 1.54) is 17.7 Å².